The number of piperidine rings is 1. The van der Waals surface area contributed by atoms with Crippen molar-refractivity contribution in [1.82, 2.24) is 34.5 Å². The number of aromatic nitrogens is 6. The zero-order valence-corrected chi connectivity index (χ0v) is 16.3. The summed E-state index contributed by atoms with van der Waals surface area (Å²) in [7, 11) is 0. The maximum atomic E-state index is 13.3. The molecular weight excluding hydrogens is 382 g/mol. The van der Waals surface area contributed by atoms with Crippen LogP contribution in [0.1, 0.15) is 40.4 Å². The summed E-state index contributed by atoms with van der Waals surface area (Å²) in [5.41, 5.74) is 4.32. The fraction of sp³-hybridized carbons (Fsp3) is 0.286. The molecule has 150 valence electrons. The first kappa shape index (κ1) is 17.1. The summed E-state index contributed by atoms with van der Waals surface area (Å²) in [6.45, 7) is 2.50. The summed E-state index contributed by atoms with van der Waals surface area (Å²) in [5.74, 6) is 0.560. The highest BCUT2D eigenvalue weighted by Gasteiger charge is 2.43. The third-order valence-electron chi connectivity index (χ3n) is 5.94. The number of rotatable bonds is 3. The average Bonchev–Trinajstić information content (AvgIpc) is 3.49. The van der Waals surface area contributed by atoms with Gasteiger partial charge in [0.15, 0.2) is 0 Å². The largest absolute Gasteiger partial charge is 0.471 e. The van der Waals surface area contributed by atoms with E-state index >= 15 is 0 Å². The van der Waals surface area contributed by atoms with Crippen LogP contribution in [0.15, 0.2) is 49.2 Å². The van der Waals surface area contributed by atoms with Crippen LogP contribution in [0.3, 0.4) is 0 Å². The van der Waals surface area contributed by atoms with Crippen LogP contribution in [0.25, 0.3) is 11.2 Å². The average molecular weight is 401 g/mol. The van der Waals surface area contributed by atoms with E-state index in [1.165, 1.54) is 4.80 Å². The van der Waals surface area contributed by atoms with Gasteiger partial charge in [0.25, 0.3) is 5.91 Å². The van der Waals surface area contributed by atoms with Crippen LogP contribution in [0.5, 0.6) is 5.88 Å². The number of carbonyl (C=O) groups excluding carboxylic acids is 1. The zero-order chi connectivity index (χ0) is 20.2. The number of fused-ring (bicyclic) bond motifs is 4. The highest BCUT2D eigenvalue weighted by molar-refractivity contribution is 6.02. The Morgan fingerprint density at radius 3 is 2.83 bits per heavy atom. The van der Waals surface area contributed by atoms with Gasteiger partial charge in [-0.1, -0.05) is 12.1 Å². The predicted molar refractivity (Wildman–Crippen MR) is 107 cm³/mol. The van der Waals surface area contributed by atoms with E-state index in [2.05, 4.69) is 20.3 Å². The van der Waals surface area contributed by atoms with E-state index in [1.54, 1.807) is 35.5 Å². The summed E-state index contributed by atoms with van der Waals surface area (Å²) in [6, 6.07) is 5.94. The number of nitrogens with zero attached hydrogens (tertiary/aromatic N) is 7. The van der Waals surface area contributed by atoms with Gasteiger partial charge in [0, 0.05) is 18.0 Å². The SMILES string of the molecule is Cc1cnn2ccnc(O[C@@H]3CC[C@H]4c5cccc(-n6nccn6)c5C(=O)N4C3)c12. The summed E-state index contributed by atoms with van der Waals surface area (Å²) in [4.78, 5) is 21.2. The Labute approximate surface area is 171 Å². The fourth-order valence-corrected chi connectivity index (χ4v) is 4.60. The number of aryl methyl sites for hydroxylation is 1. The Bertz CT molecular complexity index is 1260. The van der Waals surface area contributed by atoms with E-state index in [9.17, 15) is 4.79 Å². The third kappa shape index (κ3) is 2.44. The minimum absolute atomic E-state index is 0.00269. The van der Waals surface area contributed by atoms with Gasteiger partial charge in [0.2, 0.25) is 5.88 Å². The van der Waals surface area contributed by atoms with Crippen molar-refractivity contribution in [2.75, 3.05) is 6.54 Å². The van der Waals surface area contributed by atoms with E-state index < -0.39 is 0 Å². The molecule has 5 heterocycles. The summed E-state index contributed by atoms with van der Waals surface area (Å²) in [6.07, 6.45) is 10.1. The smallest absolute Gasteiger partial charge is 0.257 e. The molecule has 3 aromatic heterocycles. The summed E-state index contributed by atoms with van der Waals surface area (Å²) < 4.78 is 8.04. The maximum absolute atomic E-state index is 13.3. The lowest BCUT2D eigenvalue weighted by molar-refractivity contribution is 0.0406. The van der Waals surface area contributed by atoms with Gasteiger partial charge in [-0.05, 0) is 31.4 Å². The molecule has 0 N–H and O–H groups in total. The van der Waals surface area contributed by atoms with Crippen LogP contribution in [-0.4, -0.2) is 53.0 Å². The van der Waals surface area contributed by atoms with Gasteiger partial charge in [-0.2, -0.15) is 20.1 Å². The Kier molecular flexibility index (Phi) is 3.64. The molecule has 6 rings (SSSR count). The molecule has 0 spiro atoms. The number of amides is 1. The lowest BCUT2D eigenvalue weighted by Gasteiger charge is -2.35. The van der Waals surface area contributed by atoms with Gasteiger partial charge in [-0.15, -0.1) is 0 Å². The minimum atomic E-state index is -0.126. The van der Waals surface area contributed by atoms with Gasteiger partial charge in [0.05, 0.1) is 42.4 Å². The molecular formula is C21H19N7O2. The second-order valence-electron chi connectivity index (χ2n) is 7.70. The van der Waals surface area contributed by atoms with Crippen molar-refractivity contribution < 1.29 is 9.53 Å². The van der Waals surface area contributed by atoms with Gasteiger partial charge in [0.1, 0.15) is 11.6 Å². The lowest BCUT2D eigenvalue weighted by atomic mass is 9.95. The molecule has 30 heavy (non-hydrogen) atoms. The van der Waals surface area contributed by atoms with Crippen LogP contribution in [0, 0.1) is 6.92 Å². The van der Waals surface area contributed by atoms with Crippen molar-refractivity contribution >= 4 is 11.4 Å². The molecule has 1 saturated heterocycles. The Morgan fingerprint density at radius 2 is 1.97 bits per heavy atom. The van der Waals surface area contributed by atoms with Crippen molar-refractivity contribution in [3.05, 3.63) is 65.9 Å². The highest BCUT2D eigenvalue weighted by atomic mass is 16.5. The number of carbonyl (C=O) groups is 1. The summed E-state index contributed by atoms with van der Waals surface area (Å²) >= 11 is 0. The standard InChI is InChI=1S/C21H19N7O2/c1-13-11-25-27-10-9-22-20(19(13)27)30-14-5-6-16-15-3-2-4-17(28-23-7-8-24-28)18(15)21(29)26(16)12-14/h2-4,7-11,14,16H,5-6,12H2,1H3/t14-,16+/m1/s1. The summed E-state index contributed by atoms with van der Waals surface area (Å²) in [5, 5.41) is 12.7. The van der Waals surface area contributed by atoms with Crippen molar-refractivity contribution in [2.45, 2.75) is 31.9 Å². The molecule has 9 heteroatoms. The highest BCUT2D eigenvalue weighted by Crippen LogP contribution is 2.42. The van der Waals surface area contributed by atoms with Gasteiger partial charge in [-0.25, -0.2) is 9.50 Å². The second kappa shape index (κ2) is 6.38. The molecule has 4 aromatic rings. The Balaban J connectivity index is 1.30. The topological polar surface area (TPSA) is 90.4 Å². The number of benzene rings is 1. The van der Waals surface area contributed by atoms with E-state index in [-0.39, 0.29) is 18.1 Å². The molecule has 2 aliphatic heterocycles. The molecule has 2 aliphatic rings. The normalized spacial score (nSPS) is 20.4. The zero-order valence-electron chi connectivity index (χ0n) is 16.3. The Morgan fingerprint density at radius 1 is 1.10 bits per heavy atom. The second-order valence-corrected chi connectivity index (χ2v) is 7.70. The molecule has 0 bridgehead atoms. The molecule has 2 atom stereocenters. The molecule has 0 aliphatic carbocycles. The van der Waals surface area contributed by atoms with Crippen LogP contribution in [0.2, 0.25) is 0 Å². The van der Waals surface area contributed by atoms with Crippen LogP contribution in [-0.2, 0) is 0 Å². The molecule has 1 aromatic carbocycles. The van der Waals surface area contributed by atoms with Crippen molar-refractivity contribution in [3.8, 4) is 11.6 Å². The van der Waals surface area contributed by atoms with E-state index in [1.807, 2.05) is 30.0 Å². The molecule has 1 fully saturated rings. The first-order chi connectivity index (χ1) is 14.7. The molecule has 0 radical (unpaired) electrons. The molecule has 1 amide bonds. The quantitative estimate of drug-likeness (QED) is 0.523. The first-order valence-corrected chi connectivity index (χ1v) is 9.97. The third-order valence-corrected chi connectivity index (χ3v) is 5.94. The maximum Gasteiger partial charge on any atom is 0.257 e. The molecule has 9 nitrogen and oxygen atoms in total. The Hall–Kier alpha value is -3.75. The lowest BCUT2D eigenvalue weighted by Crippen LogP contribution is -2.42. The van der Waals surface area contributed by atoms with E-state index in [0.717, 1.165) is 35.2 Å². The monoisotopic (exact) mass is 401 g/mol. The van der Waals surface area contributed by atoms with E-state index in [0.29, 0.717) is 18.0 Å². The molecule has 0 unspecified atom stereocenters. The van der Waals surface area contributed by atoms with Gasteiger partial charge >= 0.3 is 0 Å². The van der Waals surface area contributed by atoms with Crippen LogP contribution < -0.4 is 4.74 Å². The predicted octanol–water partition coefficient (Wildman–Crippen LogP) is 2.36. The molecule has 0 saturated carbocycles. The number of hydrogen-bond donors (Lipinski definition) is 0. The van der Waals surface area contributed by atoms with Crippen molar-refractivity contribution in [2.24, 2.45) is 0 Å². The number of hydrogen-bond acceptors (Lipinski definition) is 6. The first-order valence-electron chi connectivity index (χ1n) is 9.97. The fourth-order valence-electron chi connectivity index (χ4n) is 4.60. The van der Waals surface area contributed by atoms with E-state index in [4.69, 9.17) is 4.74 Å². The minimum Gasteiger partial charge on any atom is -0.471 e. The van der Waals surface area contributed by atoms with Gasteiger partial charge in [-0.3, -0.25) is 4.79 Å². The van der Waals surface area contributed by atoms with Gasteiger partial charge < -0.3 is 9.64 Å². The number of ether oxygens (including phenoxy) is 1. The van der Waals surface area contributed by atoms with Crippen molar-refractivity contribution in [3.63, 3.8) is 0 Å². The van der Waals surface area contributed by atoms with Crippen LogP contribution >= 0.6 is 0 Å². The van der Waals surface area contributed by atoms with Crippen LogP contribution in [0.4, 0.5) is 0 Å². The van der Waals surface area contributed by atoms with Crippen molar-refractivity contribution in [1.29, 1.82) is 0 Å².